The lowest BCUT2D eigenvalue weighted by Gasteiger charge is -2.18. The van der Waals surface area contributed by atoms with E-state index in [0.717, 1.165) is 37.3 Å². The number of carbonyl (C=O) groups excluding carboxylic acids is 1. The molecule has 1 aliphatic heterocycles. The van der Waals surface area contributed by atoms with E-state index >= 15 is 0 Å². The summed E-state index contributed by atoms with van der Waals surface area (Å²) in [6.07, 6.45) is 7.74. The van der Waals surface area contributed by atoms with Crippen LogP contribution in [0.1, 0.15) is 38.9 Å². The topological polar surface area (TPSA) is 50.2 Å². The molecule has 2 fully saturated rings. The van der Waals surface area contributed by atoms with E-state index < -0.39 is 0 Å². The van der Waals surface area contributed by atoms with Crippen molar-refractivity contribution in [1.82, 2.24) is 19.8 Å². The number of amides is 2. The molecule has 0 aromatic carbocycles. The Labute approximate surface area is 126 Å². The van der Waals surface area contributed by atoms with Crippen molar-refractivity contribution in [1.29, 1.82) is 0 Å². The summed E-state index contributed by atoms with van der Waals surface area (Å²) in [7, 11) is 0. The minimum Gasteiger partial charge on any atom is -0.333 e. The van der Waals surface area contributed by atoms with Crippen molar-refractivity contribution in [3.63, 3.8) is 0 Å². The Morgan fingerprint density at radius 3 is 2.76 bits per heavy atom. The van der Waals surface area contributed by atoms with Crippen molar-refractivity contribution < 1.29 is 4.79 Å². The third kappa shape index (κ3) is 3.22. The van der Waals surface area contributed by atoms with Gasteiger partial charge >= 0.3 is 6.03 Å². The zero-order valence-electron chi connectivity index (χ0n) is 13.1. The molecule has 1 saturated heterocycles. The summed E-state index contributed by atoms with van der Waals surface area (Å²) in [6.45, 7) is 7.72. The quantitative estimate of drug-likeness (QED) is 0.926. The van der Waals surface area contributed by atoms with Crippen LogP contribution < -0.4 is 5.32 Å². The molecule has 2 heterocycles. The second-order valence-corrected chi connectivity index (χ2v) is 6.90. The minimum atomic E-state index is 0.0727. The van der Waals surface area contributed by atoms with E-state index in [1.807, 2.05) is 17.3 Å². The van der Waals surface area contributed by atoms with E-state index in [0.29, 0.717) is 12.5 Å². The van der Waals surface area contributed by atoms with Gasteiger partial charge in [0.1, 0.15) is 5.82 Å². The Balaban J connectivity index is 1.51. The van der Waals surface area contributed by atoms with E-state index in [1.54, 1.807) is 0 Å². The number of hydrogen-bond donors (Lipinski definition) is 1. The van der Waals surface area contributed by atoms with Gasteiger partial charge in [-0.05, 0) is 30.6 Å². The first kappa shape index (κ1) is 14.4. The van der Waals surface area contributed by atoms with Crippen molar-refractivity contribution in [2.24, 2.45) is 17.8 Å². The van der Waals surface area contributed by atoms with E-state index in [1.165, 1.54) is 19.3 Å². The van der Waals surface area contributed by atoms with Gasteiger partial charge in [-0.25, -0.2) is 9.78 Å². The maximum absolute atomic E-state index is 12.3. The number of hydrogen-bond acceptors (Lipinski definition) is 2. The molecule has 1 aromatic heterocycles. The van der Waals surface area contributed by atoms with E-state index in [4.69, 9.17) is 0 Å². The maximum Gasteiger partial charge on any atom is 0.317 e. The Hall–Kier alpha value is -1.52. The molecule has 0 spiro atoms. The number of carbonyl (C=O) groups is 1. The molecule has 2 amide bonds. The predicted molar refractivity (Wildman–Crippen MR) is 81.7 cm³/mol. The maximum atomic E-state index is 12.3. The van der Waals surface area contributed by atoms with Crippen LogP contribution in [-0.2, 0) is 13.1 Å². The van der Waals surface area contributed by atoms with Crippen LogP contribution in [0.25, 0.3) is 0 Å². The summed E-state index contributed by atoms with van der Waals surface area (Å²) in [5.74, 6) is 3.01. The zero-order chi connectivity index (χ0) is 14.8. The van der Waals surface area contributed by atoms with Gasteiger partial charge in [-0.1, -0.05) is 20.3 Å². The Kier molecular flexibility index (Phi) is 4.17. The van der Waals surface area contributed by atoms with Crippen LogP contribution in [0.4, 0.5) is 4.79 Å². The summed E-state index contributed by atoms with van der Waals surface area (Å²) in [4.78, 5) is 18.6. The number of rotatable bonds is 4. The molecule has 0 radical (unpaired) electrons. The SMILES string of the molecule is CC(C)Cn1ccnc1CNC(=O)N1C[C@H]2CCC[C@H]2C1. The van der Waals surface area contributed by atoms with Crippen molar-refractivity contribution in [2.45, 2.75) is 46.2 Å². The van der Waals surface area contributed by atoms with Crippen molar-refractivity contribution in [3.8, 4) is 0 Å². The first-order valence-corrected chi connectivity index (χ1v) is 8.16. The van der Waals surface area contributed by atoms with Gasteiger partial charge in [0.05, 0.1) is 6.54 Å². The molecule has 5 nitrogen and oxygen atoms in total. The van der Waals surface area contributed by atoms with Gasteiger partial charge < -0.3 is 14.8 Å². The highest BCUT2D eigenvalue weighted by molar-refractivity contribution is 5.74. The number of imidazole rings is 1. The van der Waals surface area contributed by atoms with E-state index in [9.17, 15) is 4.79 Å². The van der Waals surface area contributed by atoms with Gasteiger partial charge in [0.2, 0.25) is 0 Å². The van der Waals surface area contributed by atoms with Crippen molar-refractivity contribution >= 4 is 6.03 Å². The monoisotopic (exact) mass is 290 g/mol. The number of likely N-dealkylation sites (tertiary alicyclic amines) is 1. The lowest BCUT2D eigenvalue weighted by atomic mass is 10.0. The Morgan fingerprint density at radius 1 is 1.38 bits per heavy atom. The number of aromatic nitrogens is 2. The van der Waals surface area contributed by atoms with Gasteiger partial charge in [0.15, 0.2) is 0 Å². The van der Waals surface area contributed by atoms with Crippen LogP contribution in [0, 0.1) is 17.8 Å². The molecule has 5 heteroatoms. The second-order valence-electron chi connectivity index (χ2n) is 6.90. The molecule has 1 aliphatic carbocycles. The Morgan fingerprint density at radius 2 is 2.10 bits per heavy atom. The van der Waals surface area contributed by atoms with Gasteiger partial charge in [0.25, 0.3) is 0 Å². The summed E-state index contributed by atoms with van der Waals surface area (Å²) < 4.78 is 2.13. The molecule has 1 saturated carbocycles. The molecule has 0 unspecified atom stereocenters. The fraction of sp³-hybridized carbons (Fsp3) is 0.750. The molecule has 116 valence electrons. The average Bonchev–Trinajstić information content (AvgIpc) is 3.09. The largest absolute Gasteiger partial charge is 0.333 e. The average molecular weight is 290 g/mol. The van der Waals surface area contributed by atoms with Crippen LogP contribution in [0.15, 0.2) is 12.4 Å². The third-order valence-electron chi connectivity index (χ3n) is 4.77. The fourth-order valence-electron chi connectivity index (χ4n) is 3.73. The Bertz CT molecular complexity index is 484. The van der Waals surface area contributed by atoms with Crippen molar-refractivity contribution in [3.05, 3.63) is 18.2 Å². The molecule has 3 rings (SSSR count). The number of urea groups is 1. The number of nitrogens with zero attached hydrogens (tertiary/aromatic N) is 3. The summed E-state index contributed by atoms with van der Waals surface area (Å²) in [5.41, 5.74) is 0. The van der Waals surface area contributed by atoms with Crippen LogP contribution >= 0.6 is 0 Å². The fourth-order valence-corrected chi connectivity index (χ4v) is 3.73. The smallest absolute Gasteiger partial charge is 0.317 e. The molecule has 0 bridgehead atoms. The second kappa shape index (κ2) is 6.08. The lowest BCUT2D eigenvalue weighted by molar-refractivity contribution is 0.204. The third-order valence-corrected chi connectivity index (χ3v) is 4.77. The minimum absolute atomic E-state index is 0.0727. The highest BCUT2D eigenvalue weighted by atomic mass is 16.2. The molecular weight excluding hydrogens is 264 g/mol. The summed E-state index contributed by atoms with van der Waals surface area (Å²) in [5, 5.41) is 3.03. The molecule has 1 N–H and O–H groups in total. The number of nitrogens with one attached hydrogen (secondary N) is 1. The van der Waals surface area contributed by atoms with Gasteiger partial charge in [-0.2, -0.15) is 0 Å². The van der Waals surface area contributed by atoms with Crippen LogP contribution in [-0.4, -0.2) is 33.6 Å². The molecule has 1 aromatic rings. The van der Waals surface area contributed by atoms with Crippen LogP contribution in [0.2, 0.25) is 0 Å². The molecule has 2 aliphatic rings. The molecule has 21 heavy (non-hydrogen) atoms. The number of fused-ring (bicyclic) bond motifs is 1. The van der Waals surface area contributed by atoms with Gasteiger partial charge in [-0.15, -0.1) is 0 Å². The molecular formula is C16H26N4O. The molecule has 2 atom stereocenters. The van der Waals surface area contributed by atoms with E-state index in [-0.39, 0.29) is 6.03 Å². The highest BCUT2D eigenvalue weighted by Crippen LogP contribution is 2.37. The summed E-state index contributed by atoms with van der Waals surface area (Å²) in [6, 6.07) is 0.0727. The van der Waals surface area contributed by atoms with Gasteiger partial charge in [0, 0.05) is 32.0 Å². The zero-order valence-corrected chi connectivity index (χ0v) is 13.1. The first-order valence-electron chi connectivity index (χ1n) is 8.16. The normalized spacial score (nSPS) is 24.6. The standard InChI is InChI=1S/C16H26N4O/c1-12(2)9-19-7-6-17-15(19)8-18-16(21)20-10-13-4-3-5-14(13)11-20/h6-7,12-14H,3-5,8-11H2,1-2H3,(H,18,21)/t13-,14+. The van der Waals surface area contributed by atoms with Crippen LogP contribution in [0.3, 0.4) is 0 Å². The van der Waals surface area contributed by atoms with Crippen molar-refractivity contribution in [2.75, 3.05) is 13.1 Å². The van der Waals surface area contributed by atoms with Crippen LogP contribution in [0.5, 0.6) is 0 Å². The first-order chi connectivity index (χ1) is 10.1. The summed E-state index contributed by atoms with van der Waals surface area (Å²) >= 11 is 0. The lowest BCUT2D eigenvalue weighted by Crippen LogP contribution is -2.39. The predicted octanol–water partition coefficient (Wildman–Crippen LogP) is 2.48. The van der Waals surface area contributed by atoms with E-state index in [2.05, 4.69) is 28.7 Å². The van der Waals surface area contributed by atoms with Gasteiger partial charge in [-0.3, -0.25) is 0 Å². The highest BCUT2D eigenvalue weighted by Gasteiger charge is 2.37.